The van der Waals surface area contributed by atoms with Crippen LogP contribution in [0.5, 0.6) is 0 Å². The van der Waals surface area contributed by atoms with Gasteiger partial charge in [-0.3, -0.25) is 0 Å². The molecule has 1 nitrogen and oxygen atoms in total. The maximum atomic E-state index is 3.59. The molecule has 2 rings (SSSR count). The van der Waals surface area contributed by atoms with Gasteiger partial charge in [-0.15, -0.1) is 0 Å². The molecule has 2 aromatic carbocycles. The van der Waals surface area contributed by atoms with E-state index in [0.29, 0.717) is 6.04 Å². The number of aryl methyl sites for hydroxylation is 1. The van der Waals surface area contributed by atoms with Crippen molar-refractivity contribution in [3.63, 3.8) is 0 Å². The summed E-state index contributed by atoms with van der Waals surface area (Å²) in [6, 6.07) is 19.6. The van der Waals surface area contributed by atoms with E-state index in [-0.39, 0.29) is 0 Å². The molecule has 2 aromatic rings. The Morgan fingerprint density at radius 3 is 2.17 bits per heavy atom. The average molecular weight is 239 g/mol. The fourth-order valence-corrected chi connectivity index (χ4v) is 2.20. The van der Waals surface area contributed by atoms with Crippen LogP contribution in [0.3, 0.4) is 0 Å². The molecule has 1 atom stereocenters. The molecule has 0 fully saturated rings. The smallest absolute Gasteiger partial charge is 0.0294 e. The molecule has 0 spiro atoms. The minimum atomic E-state index is 0.385. The zero-order valence-corrected chi connectivity index (χ0v) is 11.2. The van der Waals surface area contributed by atoms with Crippen molar-refractivity contribution in [3.05, 3.63) is 71.3 Å². The highest BCUT2D eigenvalue weighted by molar-refractivity contribution is 5.27. The van der Waals surface area contributed by atoms with Gasteiger partial charge < -0.3 is 5.32 Å². The fourth-order valence-electron chi connectivity index (χ4n) is 2.20. The predicted molar refractivity (Wildman–Crippen MR) is 77.5 cm³/mol. The van der Waals surface area contributed by atoms with Gasteiger partial charge in [0, 0.05) is 12.6 Å². The average Bonchev–Trinajstić information content (AvgIpc) is 2.46. The number of nitrogens with one attached hydrogen (secondary N) is 1. The first-order valence-corrected chi connectivity index (χ1v) is 6.66. The van der Waals surface area contributed by atoms with E-state index in [1.165, 1.54) is 16.7 Å². The summed E-state index contributed by atoms with van der Waals surface area (Å²) in [5, 5.41) is 3.59. The van der Waals surface area contributed by atoms with Crippen molar-refractivity contribution in [1.82, 2.24) is 5.32 Å². The van der Waals surface area contributed by atoms with E-state index >= 15 is 0 Å². The SMILES string of the molecule is CCc1ccccc1CN[C@@H](C)c1ccccc1. The third-order valence-electron chi connectivity index (χ3n) is 3.40. The molecule has 0 saturated heterocycles. The second-order valence-electron chi connectivity index (χ2n) is 4.64. The van der Waals surface area contributed by atoms with Crippen LogP contribution in [-0.2, 0) is 13.0 Å². The highest BCUT2D eigenvalue weighted by atomic mass is 14.9. The van der Waals surface area contributed by atoms with Crippen LogP contribution in [0.15, 0.2) is 54.6 Å². The standard InChI is InChI=1S/C17H21N/c1-3-15-9-7-8-12-17(15)13-18-14(2)16-10-5-4-6-11-16/h4-12,14,18H,3,13H2,1-2H3/t14-/m0/s1. The summed E-state index contributed by atoms with van der Waals surface area (Å²) in [7, 11) is 0. The third kappa shape index (κ3) is 3.21. The van der Waals surface area contributed by atoms with Crippen molar-refractivity contribution in [2.24, 2.45) is 0 Å². The molecule has 0 aliphatic carbocycles. The molecule has 0 saturated carbocycles. The molecule has 0 aromatic heterocycles. The molecule has 0 unspecified atom stereocenters. The van der Waals surface area contributed by atoms with E-state index in [0.717, 1.165) is 13.0 Å². The number of hydrogen-bond donors (Lipinski definition) is 1. The number of hydrogen-bond acceptors (Lipinski definition) is 1. The van der Waals surface area contributed by atoms with Crippen LogP contribution in [0.2, 0.25) is 0 Å². The molecule has 0 aliphatic heterocycles. The van der Waals surface area contributed by atoms with Crippen LogP contribution in [0.4, 0.5) is 0 Å². The quantitative estimate of drug-likeness (QED) is 0.828. The van der Waals surface area contributed by atoms with E-state index in [2.05, 4.69) is 73.8 Å². The molecule has 0 amide bonds. The van der Waals surface area contributed by atoms with Gasteiger partial charge in [-0.1, -0.05) is 61.5 Å². The topological polar surface area (TPSA) is 12.0 Å². The lowest BCUT2D eigenvalue weighted by molar-refractivity contribution is 0.572. The molecule has 0 radical (unpaired) electrons. The largest absolute Gasteiger partial charge is 0.306 e. The first-order chi connectivity index (χ1) is 8.81. The summed E-state index contributed by atoms with van der Waals surface area (Å²) in [6.07, 6.45) is 1.09. The van der Waals surface area contributed by atoms with Crippen molar-refractivity contribution >= 4 is 0 Å². The van der Waals surface area contributed by atoms with Crippen molar-refractivity contribution in [1.29, 1.82) is 0 Å². The van der Waals surface area contributed by atoms with Gasteiger partial charge in [0.25, 0.3) is 0 Å². The lowest BCUT2D eigenvalue weighted by Gasteiger charge is -2.15. The molecule has 0 bridgehead atoms. The zero-order valence-electron chi connectivity index (χ0n) is 11.2. The molecular weight excluding hydrogens is 218 g/mol. The molecule has 94 valence electrons. The second-order valence-corrected chi connectivity index (χ2v) is 4.64. The van der Waals surface area contributed by atoms with Gasteiger partial charge in [0.05, 0.1) is 0 Å². The molecule has 1 heteroatoms. The van der Waals surface area contributed by atoms with Crippen LogP contribution < -0.4 is 5.32 Å². The van der Waals surface area contributed by atoms with E-state index < -0.39 is 0 Å². The maximum Gasteiger partial charge on any atom is 0.0294 e. The first-order valence-electron chi connectivity index (χ1n) is 6.66. The second kappa shape index (κ2) is 6.36. The van der Waals surface area contributed by atoms with Crippen molar-refractivity contribution in [3.8, 4) is 0 Å². The fraction of sp³-hybridized carbons (Fsp3) is 0.294. The highest BCUT2D eigenvalue weighted by Gasteiger charge is 2.05. The Kier molecular flexibility index (Phi) is 4.54. The Balaban J connectivity index is 1.99. The van der Waals surface area contributed by atoms with Crippen LogP contribution >= 0.6 is 0 Å². The number of benzene rings is 2. The Bertz CT molecular complexity index is 476. The highest BCUT2D eigenvalue weighted by Crippen LogP contribution is 2.14. The van der Waals surface area contributed by atoms with Gasteiger partial charge in [0.1, 0.15) is 0 Å². The first kappa shape index (κ1) is 12.8. The maximum absolute atomic E-state index is 3.59. The number of rotatable bonds is 5. The van der Waals surface area contributed by atoms with Crippen LogP contribution in [0, 0.1) is 0 Å². The Hall–Kier alpha value is -1.60. The van der Waals surface area contributed by atoms with Crippen molar-refractivity contribution in [2.45, 2.75) is 32.9 Å². The van der Waals surface area contributed by atoms with Crippen LogP contribution in [0.25, 0.3) is 0 Å². The van der Waals surface area contributed by atoms with Crippen LogP contribution in [-0.4, -0.2) is 0 Å². The molecular formula is C17H21N. The third-order valence-corrected chi connectivity index (χ3v) is 3.40. The minimum absolute atomic E-state index is 0.385. The summed E-state index contributed by atoms with van der Waals surface area (Å²) in [6.45, 7) is 5.35. The monoisotopic (exact) mass is 239 g/mol. The van der Waals surface area contributed by atoms with Gasteiger partial charge >= 0.3 is 0 Å². The van der Waals surface area contributed by atoms with E-state index in [4.69, 9.17) is 0 Å². The van der Waals surface area contributed by atoms with Gasteiger partial charge in [-0.25, -0.2) is 0 Å². The summed E-state index contributed by atoms with van der Waals surface area (Å²) in [4.78, 5) is 0. The van der Waals surface area contributed by atoms with E-state index in [1.807, 2.05) is 0 Å². The van der Waals surface area contributed by atoms with E-state index in [1.54, 1.807) is 0 Å². The van der Waals surface area contributed by atoms with Gasteiger partial charge in [-0.2, -0.15) is 0 Å². The lowest BCUT2D eigenvalue weighted by Crippen LogP contribution is -2.18. The normalized spacial score (nSPS) is 12.3. The Morgan fingerprint density at radius 2 is 1.50 bits per heavy atom. The summed E-state index contributed by atoms with van der Waals surface area (Å²) in [5.41, 5.74) is 4.18. The lowest BCUT2D eigenvalue weighted by atomic mass is 10.0. The zero-order chi connectivity index (χ0) is 12.8. The van der Waals surface area contributed by atoms with Gasteiger partial charge in [0.15, 0.2) is 0 Å². The minimum Gasteiger partial charge on any atom is -0.306 e. The van der Waals surface area contributed by atoms with Crippen molar-refractivity contribution < 1.29 is 0 Å². The molecule has 18 heavy (non-hydrogen) atoms. The Morgan fingerprint density at radius 1 is 0.889 bits per heavy atom. The predicted octanol–water partition coefficient (Wildman–Crippen LogP) is 4.10. The van der Waals surface area contributed by atoms with E-state index in [9.17, 15) is 0 Å². The summed E-state index contributed by atoms with van der Waals surface area (Å²) >= 11 is 0. The Labute approximate surface area is 110 Å². The molecule has 1 N–H and O–H groups in total. The summed E-state index contributed by atoms with van der Waals surface area (Å²) < 4.78 is 0. The van der Waals surface area contributed by atoms with Gasteiger partial charge in [0.2, 0.25) is 0 Å². The molecule has 0 heterocycles. The van der Waals surface area contributed by atoms with Gasteiger partial charge in [-0.05, 0) is 30.0 Å². The van der Waals surface area contributed by atoms with Crippen molar-refractivity contribution in [2.75, 3.05) is 0 Å². The van der Waals surface area contributed by atoms with Crippen LogP contribution in [0.1, 0.15) is 36.6 Å². The molecule has 0 aliphatic rings. The summed E-state index contributed by atoms with van der Waals surface area (Å²) in [5.74, 6) is 0.